The van der Waals surface area contributed by atoms with Crippen LogP contribution in [0.5, 0.6) is 0 Å². The van der Waals surface area contributed by atoms with E-state index in [1.54, 1.807) is 4.90 Å². The van der Waals surface area contributed by atoms with Crippen LogP contribution in [-0.2, 0) is 22.2 Å². The van der Waals surface area contributed by atoms with Crippen molar-refractivity contribution in [3.8, 4) is 0 Å². The van der Waals surface area contributed by atoms with Gasteiger partial charge in [0.05, 0.1) is 12.0 Å². The predicted molar refractivity (Wildman–Crippen MR) is 85.7 cm³/mol. The smallest absolute Gasteiger partial charge is 0.340 e. The summed E-state index contributed by atoms with van der Waals surface area (Å²) in [5, 5.41) is 0. The van der Waals surface area contributed by atoms with Crippen molar-refractivity contribution in [2.24, 2.45) is 0 Å². The third-order valence-electron chi connectivity index (χ3n) is 4.96. The van der Waals surface area contributed by atoms with Crippen LogP contribution in [0.3, 0.4) is 0 Å². The lowest BCUT2D eigenvalue weighted by Crippen LogP contribution is -2.50. The molecular formula is C18H21F3N2O2. The molecule has 2 aliphatic rings. The number of nitrogens with zero attached hydrogens (tertiary/aromatic N) is 2. The fraction of sp³-hybridized carbons (Fsp3) is 0.556. The number of carbonyl (C=O) groups excluding carboxylic acids is 2. The first-order valence-corrected chi connectivity index (χ1v) is 8.58. The van der Waals surface area contributed by atoms with Crippen molar-refractivity contribution >= 4 is 11.8 Å². The van der Waals surface area contributed by atoms with E-state index in [9.17, 15) is 22.8 Å². The average molecular weight is 354 g/mol. The van der Waals surface area contributed by atoms with Gasteiger partial charge in [-0.25, -0.2) is 0 Å². The van der Waals surface area contributed by atoms with E-state index in [1.807, 2.05) is 4.90 Å². The van der Waals surface area contributed by atoms with E-state index in [0.717, 1.165) is 25.3 Å². The molecule has 2 aliphatic heterocycles. The number of piperidine rings is 1. The van der Waals surface area contributed by atoms with E-state index in [1.165, 1.54) is 18.2 Å². The Balaban J connectivity index is 1.68. The summed E-state index contributed by atoms with van der Waals surface area (Å²) in [6.45, 7) is 1.66. The number of hydrogen-bond donors (Lipinski definition) is 0. The molecule has 136 valence electrons. The predicted octanol–water partition coefficient (Wildman–Crippen LogP) is 2.86. The average Bonchev–Trinajstić information content (AvgIpc) is 3.00. The molecule has 0 saturated carbocycles. The summed E-state index contributed by atoms with van der Waals surface area (Å²) in [6, 6.07) is 5.19. The Hall–Kier alpha value is -2.05. The number of alkyl halides is 3. The molecule has 0 aromatic heterocycles. The molecule has 0 radical (unpaired) electrons. The molecule has 1 aromatic carbocycles. The highest BCUT2D eigenvalue weighted by Gasteiger charge is 2.35. The molecule has 7 heteroatoms. The molecule has 0 spiro atoms. The van der Waals surface area contributed by atoms with Gasteiger partial charge < -0.3 is 9.80 Å². The van der Waals surface area contributed by atoms with Crippen LogP contribution in [-0.4, -0.2) is 47.3 Å². The van der Waals surface area contributed by atoms with Crippen LogP contribution < -0.4 is 0 Å². The maximum absolute atomic E-state index is 13.1. The molecular weight excluding hydrogens is 333 g/mol. The zero-order chi connectivity index (χ0) is 18.0. The standard InChI is InChI=1S/C18H21F3N2O2/c19-18(20,21)15-7-2-1-5-13(15)11-17(25)22-9-3-6-14(12-22)23-10-4-8-16(23)24/h1-2,5,7,14H,3-4,6,8-12H2/t14-/m1/s1. The third kappa shape index (κ3) is 3.96. The van der Waals surface area contributed by atoms with Gasteiger partial charge in [0.25, 0.3) is 0 Å². The summed E-state index contributed by atoms with van der Waals surface area (Å²) in [6.07, 6.45) is -1.75. The van der Waals surface area contributed by atoms with Gasteiger partial charge in [-0.2, -0.15) is 13.2 Å². The topological polar surface area (TPSA) is 40.6 Å². The Labute approximate surface area is 144 Å². The first-order valence-electron chi connectivity index (χ1n) is 8.58. The van der Waals surface area contributed by atoms with Crippen LogP contribution in [0.15, 0.2) is 24.3 Å². The molecule has 0 N–H and O–H groups in total. The van der Waals surface area contributed by atoms with Crippen molar-refractivity contribution < 1.29 is 22.8 Å². The van der Waals surface area contributed by atoms with Gasteiger partial charge in [-0.15, -0.1) is 0 Å². The van der Waals surface area contributed by atoms with E-state index in [4.69, 9.17) is 0 Å². The Bertz CT molecular complexity index is 660. The molecule has 2 fully saturated rings. The van der Waals surface area contributed by atoms with E-state index < -0.39 is 11.7 Å². The summed E-state index contributed by atoms with van der Waals surface area (Å²) in [7, 11) is 0. The van der Waals surface area contributed by atoms with Gasteiger partial charge in [0.15, 0.2) is 0 Å². The normalized spacial score (nSPS) is 21.7. The number of halogens is 3. The van der Waals surface area contributed by atoms with Gasteiger partial charge in [0.2, 0.25) is 11.8 Å². The SMILES string of the molecule is O=C(Cc1ccccc1C(F)(F)F)N1CCC[C@@H](N2CCCC2=O)C1. The number of amides is 2. The summed E-state index contributed by atoms with van der Waals surface area (Å²) in [5.41, 5.74) is -0.758. The van der Waals surface area contributed by atoms with Crippen LogP contribution in [0.25, 0.3) is 0 Å². The Kier molecular flexibility index (Phi) is 5.01. The van der Waals surface area contributed by atoms with Crippen LogP contribution in [0.1, 0.15) is 36.8 Å². The van der Waals surface area contributed by atoms with Crippen molar-refractivity contribution in [3.05, 3.63) is 35.4 Å². The van der Waals surface area contributed by atoms with Crippen molar-refractivity contribution in [3.63, 3.8) is 0 Å². The maximum Gasteiger partial charge on any atom is 0.416 e. The number of hydrogen-bond acceptors (Lipinski definition) is 2. The van der Waals surface area contributed by atoms with Crippen molar-refractivity contribution in [1.29, 1.82) is 0 Å². The second kappa shape index (κ2) is 7.06. The van der Waals surface area contributed by atoms with Crippen LogP contribution in [0.4, 0.5) is 13.2 Å². The molecule has 25 heavy (non-hydrogen) atoms. The van der Waals surface area contributed by atoms with Crippen LogP contribution >= 0.6 is 0 Å². The second-order valence-corrected chi connectivity index (χ2v) is 6.66. The number of carbonyl (C=O) groups is 2. The minimum Gasteiger partial charge on any atom is -0.340 e. The van der Waals surface area contributed by atoms with Gasteiger partial charge in [0.1, 0.15) is 0 Å². The maximum atomic E-state index is 13.1. The Morgan fingerprint density at radius 3 is 2.60 bits per heavy atom. The van der Waals surface area contributed by atoms with Crippen molar-refractivity contribution in [1.82, 2.24) is 9.80 Å². The Morgan fingerprint density at radius 1 is 1.16 bits per heavy atom. The van der Waals surface area contributed by atoms with Crippen LogP contribution in [0.2, 0.25) is 0 Å². The van der Waals surface area contributed by atoms with E-state index in [-0.39, 0.29) is 29.8 Å². The van der Waals surface area contributed by atoms with Crippen LogP contribution in [0, 0.1) is 0 Å². The molecule has 2 heterocycles. The van der Waals surface area contributed by atoms with Crippen molar-refractivity contribution in [2.75, 3.05) is 19.6 Å². The molecule has 0 aliphatic carbocycles. The summed E-state index contributed by atoms with van der Waals surface area (Å²) < 4.78 is 39.2. The molecule has 4 nitrogen and oxygen atoms in total. The largest absolute Gasteiger partial charge is 0.416 e. The molecule has 2 amide bonds. The quantitative estimate of drug-likeness (QED) is 0.838. The third-order valence-corrected chi connectivity index (χ3v) is 4.96. The van der Waals surface area contributed by atoms with E-state index >= 15 is 0 Å². The first kappa shape index (κ1) is 17.8. The minimum absolute atomic E-state index is 0.000581. The lowest BCUT2D eigenvalue weighted by molar-refractivity contribution is -0.140. The highest BCUT2D eigenvalue weighted by atomic mass is 19.4. The first-order chi connectivity index (χ1) is 11.9. The molecule has 3 rings (SSSR count). The van der Waals surface area contributed by atoms with E-state index in [0.29, 0.717) is 26.1 Å². The number of rotatable bonds is 3. The minimum atomic E-state index is -4.47. The summed E-state index contributed by atoms with van der Waals surface area (Å²) >= 11 is 0. The monoisotopic (exact) mass is 354 g/mol. The zero-order valence-electron chi connectivity index (χ0n) is 13.9. The zero-order valence-corrected chi connectivity index (χ0v) is 13.9. The molecule has 2 saturated heterocycles. The lowest BCUT2D eigenvalue weighted by Gasteiger charge is -2.37. The highest BCUT2D eigenvalue weighted by Crippen LogP contribution is 2.32. The van der Waals surface area contributed by atoms with Gasteiger partial charge >= 0.3 is 6.18 Å². The molecule has 1 atom stereocenters. The number of likely N-dealkylation sites (tertiary alicyclic amines) is 2. The fourth-order valence-corrected chi connectivity index (χ4v) is 3.72. The fourth-order valence-electron chi connectivity index (χ4n) is 3.72. The van der Waals surface area contributed by atoms with Gasteiger partial charge in [-0.1, -0.05) is 18.2 Å². The van der Waals surface area contributed by atoms with Gasteiger partial charge in [0, 0.05) is 32.1 Å². The Morgan fingerprint density at radius 2 is 1.92 bits per heavy atom. The molecule has 1 aromatic rings. The molecule has 0 unspecified atom stereocenters. The van der Waals surface area contributed by atoms with Gasteiger partial charge in [-0.05, 0) is 30.9 Å². The van der Waals surface area contributed by atoms with Gasteiger partial charge in [-0.3, -0.25) is 9.59 Å². The number of benzene rings is 1. The summed E-state index contributed by atoms with van der Waals surface area (Å²) in [5.74, 6) is -0.199. The highest BCUT2D eigenvalue weighted by molar-refractivity contribution is 5.80. The summed E-state index contributed by atoms with van der Waals surface area (Å²) in [4.78, 5) is 27.9. The van der Waals surface area contributed by atoms with E-state index in [2.05, 4.69) is 0 Å². The second-order valence-electron chi connectivity index (χ2n) is 6.66. The lowest BCUT2D eigenvalue weighted by atomic mass is 10.0. The molecule has 0 bridgehead atoms. The van der Waals surface area contributed by atoms with Crippen molar-refractivity contribution in [2.45, 2.75) is 44.3 Å².